The number of piperidine rings is 1. The maximum atomic E-state index is 8.87. The lowest BCUT2D eigenvalue weighted by atomic mass is 9.84. The van der Waals surface area contributed by atoms with Crippen molar-refractivity contribution in [1.29, 1.82) is 5.26 Å². The topological polar surface area (TPSA) is 45.0 Å². The second-order valence-electron chi connectivity index (χ2n) is 4.52. The predicted molar refractivity (Wildman–Crippen MR) is 59.7 cm³/mol. The molecule has 3 rings (SSSR count). The summed E-state index contributed by atoms with van der Waals surface area (Å²) >= 11 is 0. The number of nitriles is 1. The van der Waals surface area contributed by atoms with Gasteiger partial charge in [0.15, 0.2) is 0 Å². The molecule has 16 heavy (non-hydrogen) atoms. The van der Waals surface area contributed by atoms with Crippen LogP contribution in [0, 0.1) is 11.3 Å². The van der Waals surface area contributed by atoms with E-state index in [9.17, 15) is 0 Å². The number of benzene rings is 1. The van der Waals surface area contributed by atoms with Crippen LogP contribution in [0.4, 0.5) is 0 Å². The number of ether oxygens (including phenoxy) is 1. The maximum absolute atomic E-state index is 8.87. The molecule has 0 aliphatic carbocycles. The summed E-state index contributed by atoms with van der Waals surface area (Å²) in [5, 5.41) is 12.2. The van der Waals surface area contributed by atoms with E-state index in [1.165, 1.54) is 11.1 Å². The van der Waals surface area contributed by atoms with E-state index < -0.39 is 0 Å². The van der Waals surface area contributed by atoms with Crippen LogP contribution in [0.2, 0.25) is 0 Å². The van der Waals surface area contributed by atoms with Crippen molar-refractivity contribution in [3.63, 3.8) is 0 Å². The molecule has 1 aromatic rings. The summed E-state index contributed by atoms with van der Waals surface area (Å²) < 4.78 is 6.00. The zero-order valence-corrected chi connectivity index (χ0v) is 9.12. The van der Waals surface area contributed by atoms with Crippen LogP contribution >= 0.6 is 0 Å². The van der Waals surface area contributed by atoms with E-state index in [-0.39, 0.29) is 5.60 Å². The number of rotatable bonds is 0. The van der Waals surface area contributed by atoms with E-state index in [0.717, 1.165) is 31.5 Å². The Labute approximate surface area is 95.0 Å². The van der Waals surface area contributed by atoms with Crippen LogP contribution in [0.15, 0.2) is 18.2 Å². The quantitative estimate of drug-likeness (QED) is 0.714. The van der Waals surface area contributed by atoms with E-state index in [1.807, 2.05) is 12.1 Å². The van der Waals surface area contributed by atoms with Crippen LogP contribution in [-0.2, 0) is 16.9 Å². The summed E-state index contributed by atoms with van der Waals surface area (Å²) in [5.41, 5.74) is 3.15. The van der Waals surface area contributed by atoms with Crippen molar-refractivity contribution in [2.75, 3.05) is 13.1 Å². The van der Waals surface area contributed by atoms with Crippen molar-refractivity contribution in [3.05, 3.63) is 34.9 Å². The van der Waals surface area contributed by atoms with Gasteiger partial charge in [0.2, 0.25) is 0 Å². The second-order valence-corrected chi connectivity index (χ2v) is 4.52. The SMILES string of the molecule is N#Cc1ccc2c(c1)COC21CCNCC1. The molecular formula is C13H14N2O. The Morgan fingerprint density at radius 2 is 2.12 bits per heavy atom. The molecule has 0 aromatic heterocycles. The van der Waals surface area contributed by atoms with E-state index in [0.29, 0.717) is 6.61 Å². The molecule has 3 heteroatoms. The third kappa shape index (κ3) is 1.35. The fourth-order valence-corrected chi connectivity index (χ4v) is 2.77. The van der Waals surface area contributed by atoms with Crippen molar-refractivity contribution in [2.45, 2.75) is 25.0 Å². The fourth-order valence-electron chi connectivity index (χ4n) is 2.77. The maximum Gasteiger partial charge on any atom is 0.0991 e. The Balaban J connectivity index is 2.02. The number of hydrogen-bond donors (Lipinski definition) is 1. The molecule has 0 saturated carbocycles. The lowest BCUT2D eigenvalue weighted by molar-refractivity contribution is -0.0590. The molecule has 82 valence electrons. The molecule has 1 N–H and O–H groups in total. The number of hydrogen-bond acceptors (Lipinski definition) is 3. The van der Waals surface area contributed by atoms with Gasteiger partial charge in [0.1, 0.15) is 0 Å². The summed E-state index contributed by atoms with van der Waals surface area (Å²) in [7, 11) is 0. The van der Waals surface area contributed by atoms with Gasteiger partial charge in [-0.2, -0.15) is 5.26 Å². The van der Waals surface area contributed by atoms with Crippen molar-refractivity contribution < 1.29 is 4.74 Å². The highest BCUT2D eigenvalue weighted by Gasteiger charge is 2.40. The molecular weight excluding hydrogens is 200 g/mol. The van der Waals surface area contributed by atoms with Gasteiger partial charge in [-0.15, -0.1) is 0 Å². The zero-order valence-electron chi connectivity index (χ0n) is 9.12. The van der Waals surface area contributed by atoms with Crippen LogP contribution in [-0.4, -0.2) is 13.1 Å². The third-order valence-corrected chi connectivity index (χ3v) is 3.64. The van der Waals surface area contributed by atoms with E-state index in [4.69, 9.17) is 10.00 Å². The molecule has 0 atom stereocenters. The standard InChI is InChI=1S/C13H14N2O/c14-8-10-1-2-12-11(7-10)9-16-13(12)3-5-15-6-4-13/h1-2,7,15H,3-6,9H2. The molecule has 3 nitrogen and oxygen atoms in total. The van der Waals surface area contributed by atoms with Crippen LogP contribution in [0.25, 0.3) is 0 Å². The number of nitrogens with zero attached hydrogens (tertiary/aromatic N) is 1. The first-order chi connectivity index (χ1) is 7.84. The van der Waals surface area contributed by atoms with Crippen LogP contribution in [0.1, 0.15) is 29.5 Å². The highest BCUT2D eigenvalue weighted by atomic mass is 16.5. The number of fused-ring (bicyclic) bond motifs is 2. The average molecular weight is 214 g/mol. The normalized spacial score (nSPS) is 21.7. The summed E-state index contributed by atoms with van der Waals surface area (Å²) in [6.45, 7) is 2.68. The minimum absolute atomic E-state index is 0.0748. The highest BCUT2D eigenvalue weighted by molar-refractivity contribution is 5.43. The summed E-state index contributed by atoms with van der Waals surface area (Å²) in [5.74, 6) is 0. The molecule has 1 saturated heterocycles. The lowest BCUT2D eigenvalue weighted by Crippen LogP contribution is -2.39. The summed E-state index contributed by atoms with van der Waals surface area (Å²) in [6.07, 6.45) is 2.07. The summed E-state index contributed by atoms with van der Waals surface area (Å²) in [4.78, 5) is 0. The first-order valence-electron chi connectivity index (χ1n) is 5.72. The van der Waals surface area contributed by atoms with Crippen LogP contribution < -0.4 is 5.32 Å². The van der Waals surface area contributed by atoms with Gasteiger partial charge in [-0.1, -0.05) is 6.07 Å². The van der Waals surface area contributed by atoms with Crippen LogP contribution in [0.5, 0.6) is 0 Å². The summed E-state index contributed by atoms with van der Waals surface area (Å²) in [6, 6.07) is 8.12. The van der Waals surface area contributed by atoms with Gasteiger partial charge in [0.25, 0.3) is 0 Å². The Hall–Kier alpha value is -1.37. The molecule has 0 radical (unpaired) electrons. The first-order valence-corrected chi connectivity index (χ1v) is 5.72. The fraction of sp³-hybridized carbons (Fsp3) is 0.462. The first kappa shape index (κ1) is 9.83. The van der Waals surface area contributed by atoms with Gasteiger partial charge >= 0.3 is 0 Å². The molecule has 1 spiro atoms. The molecule has 0 unspecified atom stereocenters. The molecule has 0 bridgehead atoms. The van der Waals surface area contributed by atoms with Gasteiger partial charge in [-0.25, -0.2) is 0 Å². The van der Waals surface area contributed by atoms with Gasteiger partial charge in [0, 0.05) is 0 Å². The lowest BCUT2D eigenvalue weighted by Gasteiger charge is -2.33. The van der Waals surface area contributed by atoms with E-state index >= 15 is 0 Å². The monoisotopic (exact) mass is 214 g/mol. The Bertz CT molecular complexity index is 455. The minimum Gasteiger partial charge on any atom is -0.365 e. The van der Waals surface area contributed by atoms with Crippen LogP contribution in [0.3, 0.4) is 0 Å². The minimum atomic E-state index is -0.0748. The predicted octanol–water partition coefficient (Wildman–Crippen LogP) is 1.67. The molecule has 2 heterocycles. The molecule has 1 aromatic carbocycles. The molecule has 2 aliphatic heterocycles. The van der Waals surface area contributed by atoms with Gasteiger partial charge in [0.05, 0.1) is 23.8 Å². The second kappa shape index (κ2) is 3.58. The molecule has 2 aliphatic rings. The molecule has 0 amide bonds. The Morgan fingerprint density at radius 1 is 1.31 bits per heavy atom. The largest absolute Gasteiger partial charge is 0.365 e. The third-order valence-electron chi connectivity index (χ3n) is 3.64. The van der Waals surface area contributed by atoms with Gasteiger partial charge in [-0.3, -0.25) is 0 Å². The smallest absolute Gasteiger partial charge is 0.0991 e. The molecule has 1 fully saturated rings. The zero-order chi connectivity index (χ0) is 11.0. The number of nitrogens with one attached hydrogen (secondary N) is 1. The Kier molecular flexibility index (Phi) is 2.20. The van der Waals surface area contributed by atoms with Crippen molar-refractivity contribution in [2.24, 2.45) is 0 Å². The average Bonchev–Trinajstić information content (AvgIpc) is 2.69. The Morgan fingerprint density at radius 3 is 2.88 bits per heavy atom. The highest BCUT2D eigenvalue weighted by Crippen LogP contribution is 2.42. The van der Waals surface area contributed by atoms with E-state index in [1.54, 1.807) is 0 Å². The van der Waals surface area contributed by atoms with Crippen molar-refractivity contribution in [3.8, 4) is 6.07 Å². The van der Waals surface area contributed by atoms with Crippen molar-refractivity contribution in [1.82, 2.24) is 5.32 Å². The van der Waals surface area contributed by atoms with Gasteiger partial charge < -0.3 is 10.1 Å². The van der Waals surface area contributed by atoms with E-state index in [2.05, 4.69) is 17.5 Å². The van der Waals surface area contributed by atoms with Crippen molar-refractivity contribution >= 4 is 0 Å². The van der Waals surface area contributed by atoms with Gasteiger partial charge in [-0.05, 0) is 49.2 Å².